The smallest absolute Gasteiger partial charge is 0.290 e. The highest BCUT2D eigenvalue weighted by Gasteiger charge is 2.15. The lowest BCUT2D eigenvalue weighted by Crippen LogP contribution is -2.39. The fourth-order valence-electron chi connectivity index (χ4n) is 3.58. The van der Waals surface area contributed by atoms with Crippen LogP contribution in [0.1, 0.15) is 11.1 Å². The summed E-state index contributed by atoms with van der Waals surface area (Å²) in [6.07, 6.45) is 3.62. The number of hydrogen-bond acceptors (Lipinski definition) is 6. The zero-order valence-corrected chi connectivity index (χ0v) is 21.9. The van der Waals surface area contributed by atoms with Gasteiger partial charge in [0.2, 0.25) is 12.5 Å². The summed E-state index contributed by atoms with van der Waals surface area (Å²) in [6, 6.07) is 22.5. The van der Waals surface area contributed by atoms with Gasteiger partial charge in [-0.15, -0.1) is 0 Å². The third kappa shape index (κ3) is 7.79. The molecule has 0 saturated carbocycles. The van der Waals surface area contributed by atoms with Gasteiger partial charge in [-0.05, 0) is 67.1 Å². The predicted octanol–water partition coefficient (Wildman–Crippen LogP) is 3.11. The Balaban J connectivity index is 1.28. The van der Waals surface area contributed by atoms with Crippen LogP contribution >= 0.6 is 0 Å². The molecule has 3 aromatic carbocycles. The Hall–Kier alpha value is -4.90. The predicted molar refractivity (Wildman–Crippen MR) is 147 cm³/mol. The van der Waals surface area contributed by atoms with Crippen LogP contribution in [0.5, 0.6) is 5.75 Å². The minimum Gasteiger partial charge on any atom is -0.508 e. The zero-order chi connectivity index (χ0) is 27.8. The van der Waals surface area contributed by atoms with Crippen molar-refractivity contribution in [2.75, 3.05) is 15.5 Å². The molecule has 0 saturated heterocycles. The molecule has 10 nitrogen and oxygen atoms in total. The lowest BCUT2D eigenvalue weighted by Gasteiger charge is -2.12. The molecule has 5 N–H and O–H groups in total. The molecule has 0 radical (unpaired) electrons. The number of pyridine rings is 1. The number of benzene rings is 3. The number of nitrogens with one attached hydrogen (secondary N) is 4. The molecule has 0 atom stereocenters. The van der Waals surface area contributed by atoms with Gasteiger partial charge >= 0.3 is 0 Å². The summed E-state index contributed by atoms with van der Waals surface area (Å²) in [5, 5.41) is 12.5. The van der Waals surface area contributed by atoms with Gasteiger partial charge in [0, 0.05) is 29.1 Å². The van der Waals surface area contributed by atoms with E-state index in [1.54, 1.807) is 47.0 Å². The SMILES string of the molecule is Cc1cc[n+](CC(=O)Nc2ccc(S(=O)(=O)Nc3ccc(NNC(=O)Cc4ccccc4O)cc3)cc2)cc1. The fraction of sp³-hybridized carbons (Fsp3) is 0.107. The summed E-state index contributed by atoms with van der Waals surface area (Å²) in [5.41, 5.74) is 8.22. The highest BCUT2D eigenvalue weighted by atomic mass is 32.2. The summed E-state index contributed by atoms with van der Waals surface area (Å²) in [6.45, 7) is 2.10. The number of hydrazine groups is 1. The Kier molecular flexibility index (Phi) is 8.42. The standard InChI is InChI=1S/C28H27N5O5S/c1-20-14-16-33(17-15-20)19-28(36)29-22-10-12-25(13-11-22)39(37,38)32-24-8-6-23(7-9-24)30-31-27(35)18-21-4-2-3-5-26(21)34/h2-17,30,32H,18-19H2,1H3,(H2-,29,31,34,35,36)/p+1. The average molecular weight is 547 g/mol. The summed E-state index contributed by atoms with van der Waals surface area (Å²) in [7, 11) is -3.87. The first-order chi connectivity index (χ1) is 18.7. The number of sulfonamides is 1. The molecular formula is C28H28N5O5S+. The number of para-hydroxylation sites is 1. The van der Waals surface area contributed by atoms with Crippen molar-refractivity contribution in [2.45, 2.75) is 24.8 Å². The second-order valence-corrected chi connectivity index (χ2v) is 10.5. The maximum absolute atomic E-state index is 12.8. The van der Waals surface area contributed by atoms with Gasteiger partial charge in [-0.1, -0.05) is 18.2 Å². The number of phenolic OH excluding ortho intramolecular Hbond substituents is 1. The minimum absolute atomic E-state index is 0.00820. The van der Waals surface area contributed by atoms with E-state index < -0.39 is 10.0 Å². The number of phenols is 1. The molecular weight excluding hydrogens is 518 g/mol. The van der Waals surface area contributed by atoms with E-state index in [4.69, 9.17) is 0 Å². The first kappa shape index (κ1) is 27.1. The molecule has 0 aliphatic carbocycles. The molecule has 1 heterocycles. The zero-order valence-electron chi connectivity index (χ0n) is 21.1. The van der Waals surface area contributed by atoms with Crippen LogP contribution in [0.3, 0.4) is 0 Å². The molecule has 0 aliphatic rings. The third-order valence-corrected chi connectivity index (χ3v) is 7.06. The first-order valence-corrected chi connectivity index (χ1v) is 13.5. The Morgan fingerprint density at radius 1 is 0.795 bits per heavy atom. The van der Waals surface area contributed by atoms with Crippen LogP contribution in [0, 0.1) is 6.92 Å². The van der Waals surface area contributed by atoms with Crippen molar-refractivity contribution >= 4 is 38.9 Å². The highest BCUT2D eigenvalue weighted by Crippen LogP contribution is 2.20. The number of aromatic nitrogens is 1. The number of carbonyl (C=O) groups excluding carboxylic acids is 2. The van der Waals surface area contributed by atoms with Gasteiger partial charge in [0.15, 0.2) is 12.4 Å². The summed E-state index contributed by atoms with van der Waals surface area (Å²) in [4.78, 5) is 24.5. The molecule has 0 aliphatic heterocycles. The Bertz CT molecular complexity index is 1560. The van der Waals surface area contributed by atoms with Gasteiger partial charge in [-0.3, -0.25) is 25.2 Å². The van der Waals surface area contributed by atoms with Crippen LogP contribution < -0.4 is 25.5 Å². The lowest BCUT2D eigenvalue weighted by atomic mass is 10.1. The van der Waals surface area contributed by atoms with E-state index in [9.17, 15) is 23.1 Å². The van der Waals surface area contributed by atoms with Crippen molar-refractivity contribution in [3.8, 4) is 5.75 Å². The Labute approximate surface area is 226 Å². The minimum atomic E-state index is -3.87. The molecule has 0 fully saturated rings. The van der Waals surface area contributed by atoms with Crippen molar-refractivity contribution in [2.24, 2.45) is 0 Å². The van der Waals surface area contributed by atoms with E-state index in [1.165, 1.54) is 30.3 Å². The molecule has 0 unspecified atom stereocenters. The van der Waals surface area contributed by atoms with Crippen molar-refractivity contribution in [1.82, 2.24) is 5.43 Å². The van der Waals surface area contributed by atoms with Crippen LogP contribution in [-0.4, -0.2) is 25.3 Å². The molecule has 0 bridgehead atoms. The Morgan fingerprint density at radius 3 is 2.08 bits per heavy atom. The van der Waals surface area contributed by atoms with Crippen LogP contribution in [0.15, 0.2) is 102 Å². The number of rotatable bonds is 10. The second-order valence-electron chi connectivity index (χ2n) is 8.78. The number of nitrogens with zero attached hydrogens (tertiary/aromatic N) is 1. The number of anilines is 3. The molecule has 1 aromatic heterocycles. The van der Waals surface area contributed by atoms with Gasteiger partial charge in [0.1, 0.15) is 5.75 Å². The van der Waals surface area contributed by atoms with E-state index in [0.29, 0.717) is 22.6 Å². The molecule has 11 heteroatoms. The van der Waals surface area contributed by atoms with Crippen molar-refractivity contribution in [3.05, 3.63) is 108 Å². The van der Waals surface area contributed by atoms with Crippen molar-refractivity contribution in [1.29, 1.82) is 0 Å². The largest absolute Gasteiger partial charge is 0.508 e. The molecule has 200 valence electrons. The second kappa shape index (κ2) is 12.1. The molecule has 0 spiro atoms. The molecule has 2 amide bonds. The third-order valence-electron chi connectivity index (χ3n) is 5.66. The van der Waals surface area contributed by atoms with E-state index in [1.807, 2.05) is 31.5 Å². The van der Waals surface area contributed by atoms with Gasteiger partial charge in [0.05, 0.1) is 17.0 Å². The van der Waals surface area contributed by atoms with E-state index in [0.717, 1.165) is 5.56 Å². The highest BCUT2D eigenvalue weighted by molar-refractivity contribution is 7.92. The summed E-state index contributed by atoms with van der Waals surface area (Å²) in [5.74, 6) is -0.545. The van der Waals surface area contributed by atoms with Gasteiger partial charge in [0.25, 0.3) is 15.9 Å². The molecule has 4 aromatic rings. The average Bonchev–Trinajstić information content (AvgIpc) is 2.91. The number of aromatic hydroxyl groups is 1. The van der Waals surface area contributed by atoms with E-state index in [2.05, 4.69) is 20.9 Å². The van der Waals surface area contributed by atoms with Crippen molar-refractivity contribution < 1.29 is 27.7 Å². The topological polar surface area (TPSA) is 141 Å². The van der Waals surface area contributed by atoms with E-state index >= 15 is 0 Å². The van der Waals surface area contributed by atoms with Gasteiger partial charge in [-0.25, -0.2) is 8.42 Å². The molecule has 39 heavy (non-hydrogen) atoms. The van der Waals surface area contributed by atoms with Crippen LogP contribution in [-0.2, 0) is 32.6 Å². The van der Waals surface area contributed by atoms with Gasteiger partial charge < -0.3 is 10.4 Å². The Morgan fingerprint density at radius 2 is 1.41 bits per heavy atom. The first-order valence-electron chi connectivity index (χ1n) is 12.0. The van der Waals surface area contributed by atoms with Crippen LogP contribution in [0.4, 0.5) is 17.1 Å². The van der Waals surface area contributed by atoms with Crippen LogP contribution in [0.2, 0.25) is 0 Å². The summed E-state index contributed by atoms with van der Waals surface area (Å²) >= 11 is 0. The normalized spacial score (nSPS) is 10.9. The number of amides is 2. The number of aryl methyl sites for hydroxylation is 1. The lowest BCUT2D eigenvalue weighted by molar-refractivity contribution is -0.684. The monoisotopic (exact) mass is 546 g/mol. The van der Waals surface area contributed by atoms with Gasteiger partial charge in [-0.2, -0.15) is 4.57 Å². The maximum atomic E-state index is 12.8. The van der Waals surface area contributed by atoms with Crippen LogP contribution in [0.25, 0.3) is 0 Å². The number of hydrogen-bond donors (Lipinski definition) is 5. The maximum Gasteiger partial charge on any atom is 0.290 e. The summed E-state index contributed by atoms with van der Waals surface area (Å²) < 4.78 is 29.9. The fourth-order valence-corrected chi connectivity index (χ4v) is 4.63. The van der Waals surface area contributed by atoms with E-state index in [-0.39, 0.29) is 35.4 Å². The molecule has 4 rings (SSSR count). The quantitative estimate of drug-likeness (QED) is 0.153. The number of carbonyl (C=O) groups is 2. The van der Waals surface area contributed by atoms with Crippen molar-refractivity contribution in [3.63, 3.8) is 0 Å².